The first-order valence-electron chi connectivity index (χ1n) is 9.72. The Labute approximate surface area is 172 Å². The van der Waals surface area contributed by atoms with Crippen molar-refractivity contribution in [1.29, 1.82) is 0 Å². The predicted molar refractivity (Wildman–Crippen MR) is 113 cm³/mol. The molecule has 2 aromatic rings. The van der Waals surface area contributed by atoms with Gasteiger partial charge in [-0.15, -0.1) is 0 Å². The molecule has 7 nitrogen and oxygen atoms in total. The standard InChI is InChI=1S/C21H27N3O4S/c1-17-7-9-18(10-8-17)29(26,27)23-20-6-3-2-5-19(20)21(25)22-11-4-12-24-13-15-28-16-14-24/h2-3,5-10,23H,4,11-16H2,1H3,(H,22,25). The Hall–Kier alpha value is -2.42. The van der Waals surface area contributed by atoms with E-state index in [1.807, 2.05) is 6.92 Å². The van der Waals surface area contributed by atoms with Crippen LogP contribution in [-0.4, -0.2) is 58.6 Å². The van der Waals surface area contributed by atoms with Gasteiger partial charge in [0.2, 0.25) is 0 Å². The van der Waals surface area contributed by atoms with Crippen LogP contribution in [0.5, 0.6) is 0 Å². The van der Waals surface area contributed by atoms with Gasteiger partial charge < -0.3 is 10.1 Å². The third-order valence-electron chi connectivity index (χ3n) is 4.79. The molecule has 0 unspecified atom stereocenters. The molecule has 1 saturated heterocycles. The molecule has 8 heteroatoms. The lowest BCUT2D eigenvalue weighted by atomic mass is 10.1. The number of aryl methyl sites for hydroxylation is 1. The lowest BCUT2D eigenvalue weighted by molar-refractivity contribution is 0.0374. The number of hydrogen-bond acceptors (Lipinski definition) is 5. The summed E-state index contributed by atoms with van der Waals surface area (Å²) >= 11 is 0. The molecular formula is C21H27N3O4S. The number of ether oxygens (including phenoxy) is 1. The summed E-state index contributed by atoms with van der Waals surface area (Å²) in [6, 6.07) is 13.2. The highest BCUT2D eigenvalue weighted by Crippen LogP contribution is 2.20. The van der Waals surface area contributed by atoms with Gasteiger partial charge in [0.15, 0.2) is 0 Å². The predicted octanol–water partition coefficient (Wildman–Crippen LogP) is 2.25. The average molecular weight is 418 g/mol. The number of anilines is 1. The third-order valence-corrected chi connectivity index (χ3v) is 6.17. The molecule has 0 atom stereocenters. The van der Waals surface area contributed by atoms with Crippen molar-refractivity contribution in [1.82, 2.24) is 10.2 Å². The lowest BCUT2D eigenvalue weighted by Crippen LogP contribution is -2.38. The van der Waals surface area contributed by atoms with E-state index in [9.17, 15) is 13.2 Å². The van der Waals surface area contributed by atoms with E-state index in [0.717, 1.165) is 44.8 Å². The van der Waals surface area contributed by atoms with Crippen molar-refractivity contribution >= 4 is 21.6 Å². The highest BCUT2D eigenvalue weighted by atomic mass is 32.2. The van der Waals surface area contributed by atoms with Gasteiger partial charge in [-0.05, 0) is 44.2 Å². The van der Waals surface area contributed by atoms with Gasteiger partial charge in [0, 0.05) is 19.6 Å². The highest BCUT2D eigenvalue weighted by molar-refractivity contribution is 7.92. The van der Waals surface area contributed by atoms with Gasteiger partial charge in [0.05, 0.1) is 29.4 Å². The van der Waals surface area contributed by atoms with E-state index in [1.165, 1.54) is 0 Å². The molecule has 156 valence electrons. The van der Waals surface area contributed by atoms with Gasteiger partial charge in [0.1, 0.15) is 0 Å². The normalized spacial score (nSPS) is 15.1. The van der Waals surface area contributed by atoms with Crippen molar-refractivity contribution in [3.05, 3.63) is 59.7 Å². The van der Waals surface area contributed by atoms with Crippen LogP contribution in [0.3, 0.4) is 0 Å². The second-order valence-electron chi connectivity index (χ2n) is 7.03. The first-order valence-corrected chi connectivity index (χ1v) is 11.2. The van der Waals surface area contributed by atoms with Gasteiger partial charge in [-0.25, -0.2) is 8.42 Å². The van der Waals surface area contributed by atoms with Crippen molar-refractivity contribution in [2.24, 2.45) is 0 Å². The van der Waals surface area contributed by atoms with Crippen LogP contribution in [0, 0.1) is 6.92 Å². The van der Waals surface area contributed by atoms with Gasteiger partial charge in [-0.3, -0.25) is 14.4 Å². The van der Waals surface area contributed by atoms with E-state index in [-0.39, 0.29) is 16.5 Å². The molecule has 0 spiro atoms. The fourth-order valence-corrected chi connectivity index (χ4v) is 4.20. The monoisotopic (exact) mass is 417 g/mol. The van der Waals surface area contributed by atoms with Gasteiger partial charge in [-0.1, -0.05) is 29.8 Å². The number of carbonyl (C=O) groups excluding carboxylic acids is 1. The Kier molecular flexibility index (Phi) is 7.24. The topological polar surface area (TPSA) is 87.7 Å². The molecule has 0 bridgehead atoms. The molecule has 3 rings (SSSR count). The first kappa shape index (κ1) is 21.3. The number of rotatable bonds is 8. The molecule has 1 amide bonds. The minimum Gasteiger partial charge on any atom is -0.379 e. The number of para-hydroxylation sites is 1. The van der Waals surface area contributed by atoms with Gasteiger partial charge in [-0.2, -0.15) is 0 Å². The van der Waals surface area contributed by atoms with Crippen molar-refractivity contribution in [3.63, 3.8) is 0 Å². The number of morpholine rings is 1. The van der Waals surface area contributed by atoms with E-state index < -0.39 is 10.0 Å². The Morgan fingerprint density at radius 1 is 1.07 bits per heavy atom. The first-order chi connectivity index (χ1) is 14.0. The highest BCUT2D eigenvalue weighted by Gasteiger charge is 2.18. The SMILES string of the molecule is Cc1ccc(S(=O)(=O)Nc2ccccc2C(=O)NCCCN2CCOCC2)cc1. The maximum atomic E-state index is 12.7. The molecule has 0 saturated carbocycles. The Morgan fingerprint density at radius 3 is 2.48 bits per heavy atom. The zero-order valence-corrected chi connectivity index (χ0v) is 17.4. The van der Waals surface area contributed by atoms with Crippen LogP contribution in [0.15, 0.2) is 53.4 Å². The quantitative estimate of drug-likeness (QED) is 0.643. The van der Waals surface area contributed by atoms with E-state index in [2.05, 4.69) is 14.9 Å². The fraction of sp³-hybridized carbons (Fsp3) is 0.381. The number of nitrogens with zero attached hydrogens (tertiary/aromatic N) is 1. The minimum absolute atomic E-state index is 0.156. The number of hydrogen-bond donors (Lipinski definition) is 2. The van der Waals surface area contributed by atoms with Crippen LogP contribution in [0.2, 0.25) is 0 Å². The summed E-state index contributed by atoms with van der Waals surface area (Å²) in [7, 11) is -3.77. The average Bonchev–Trinajstić information content (AvgIpc) is 2.72. The largest absolute Gasteiger partial charge is 0.379 e. The van der Waals surface area contributed by atoms with Crippen molar-refractivity contribution < 1.29 is 17.9 Å². The molecule has 2 N–H and O–H groups in total. The fourth-order valence-electron chi connectivity index (χ4n) is 3.12. The summed E-state index contributed by atoms with van der Waals surface area (Å²) in [6.45, 7) is 6.64. The second-order valence-corrected chi connectivity index (χ2v) is 8.71. The number of benzene rings is 2. The molecule has 0 aromatic heterocycles. The van der Waals surface area contributed by atoms with E-state index in [4.69, 9.17) is 4.74 Å². The molecule has 1 aliphatic heterocycles. The zero-order valence-electron chi connectivity index (χ0n) is 16.6. The van der Waals surface area contributed by atoms with Crippen LogP contribution in [-0.2, 0) is 14.8 Å². The van der Waals surface area contributed by atoms with Crippen LogP contribution in [0.4, 0.5) is 5.69 Å². The zero-order chi connectivity index (χ0) is 20.7. The maximum Gasteiger partial charge on any atom is 0.261 e. The molecule has 1 heterocycles. The third kappa shape index (κ3) is 6.03. The molecule has 2 aromatic carbocycles. The van der Waals surface area contributed by atoms with E-state index >= 15 is 0 Å². The maximum absolute atomic E-state index is 12.7. The summed E-state index contributed by atoms with van der Waals surface area (Å²) in [6.07, 6.45) is 0.822. The number of nitrogens with one attached hydrogen (secondary N) is 2. The van der Waals surface area contributed by atoms with Crippen LogP contribution in [0.1, 0.15) is 22.3 Å². The van der Waals surface area contributed by atoms with E-state index in [1.54, 1.807) is 48.5 Å². The Morgan fingerprint density at radius 2 is 1.76 bits per heavy atom. The van der Waals surface area contributed by atoms with Crippen molar-refractivity contribution in [2.45, 2.75) is 18.2 Å². The molecule has 1 fully saturated rings. The molecule has 29 heavy (non-hydrogen) atoms. The summed E-state index contributed by atoms with van der Waals surface area (Å²) < 4.78 is 33.2. The lowest BCUT2D eigenvalue weighted by Gasteiger charge is -2.26. The van der Waals surface area contributed by atoms with Crippen molar-refractivity contribution in [2.75, 3.05) is 44.1 Å². The summed E-state index contributed by atoms with van der Waals surface area (Å²) in [5.74, 6) is -0.297. The van der Waals surface area contributed by atoms with Crippen LogP contribution >= 0.6 is 0 Å². The van der Waals surface area contributed by atoms with Crippen LogP contribution in [0.25, 0.3) is 0 Å². The molecule has 0 aliphatic carbocycles. The summed E-state index contributed by atoms with van der Waals surface area (Å²) in [5, 5.41) is 2.88. The smallest absolute Gasteiger partial charge is 0.261 e. The summed E-state index contributed by atoms with van der Waals surface area (Å²) in [5.41, 5.74) is 1.54. The summed E-state index contributed by atoms with van der Waals surface area (Å²) in [4.78, 5) is 15.1. The number of carbonyl (C=O) groups is 1. The van der Waals surface area contributed by atoms with Gasteiger partial charge in [0.25, 0.3) is 15.9 Å². The Bertz CT molecular complexity index is 923. The Balaban J connectivity index is 1.60. The minimum atomic E-state index is -3.77. The number of sulfonamides is 1. The van der Waals surface area contributed by atoms with E-state index in [0.29, 0.717) is 12.1 Å². The number of amides is 1. The molecular weight excluding hydrogens is 390 g/mol. The van der Waals surface area contributed by atoms with Crippen molar-refractivity contribution in [3.8, 4) is 0 Å². The molecule has 0 radical (unpaired) electrons. The molecule has 1 aliphatic rings. The second kappa shape index (κ2) is 9.87. The van der Waals surface area contributed by atoms with Gasteiger partial charge >= 0.3 is 0 Å². The van der Waals surface area contributed by atoms with Crippen LogP contribution < -0.4 is 10.0 Å².